The van der Waals surface area contributed by atoms with E-state index >= 15 is 0 Å². The summed E-state index contributed by atoms with van der Waals surface area (Å²) >= 11 is 0.825. The minimum atomic E-state index is 0.413. The van der Waals surface area contributed by atoms with Crippen LogP contribution in [0.4, 0.5) is 5.69 Å². The quantitative estimate of drug-likeness (QED) is 0.445. The van der Waals surface area contributed by atoms with Crippen LogP contribution >= 0.6 is 0 Å². The number of hydrogen-bond acceptors (Lipinski definition) is 1. The van der Waals surface area contributed by atoms with Gasteiger partial charge in [0, 0.05) is 0 Å². The predicted octanol–water partition coefficient (Wildman–Crippen LogP) is 2.06. The van der Waals surface area contributed by atoms with E-state index in [0.29, 0.717) is 29.5 Å². The van der Waals surface area contributed by atoms with Crippen LogP contribution in [-0.2, 0) is 7.05 Å². The molecule has 0 amide bonds. The summed E-state index contributed by atoms with van der Waals surface area (Å²) in [4.78, 5) is 2.32. The summed E-state index contributed by atoms with van der Waals surface area (Å²) in [5.74, 6) is 0. The van der Waals surface area contributed by atoms with E-state index in [1.54, 1.807) is 0 Å². The number of fused-ring (bicyclic) bond motifs is 2. The third-order valence-electron chi connectivity index (χ3n) is 4.02. The Morgan fingerprint density at radius 2 is 1.83 bits per heavy atom. The van der Waals surface area contributed by atoms with Crippen LogP contribution in [0.25, 0.3) is 15.9 Å². The fraction of sp³-hybridized carbons (Fsp3) is 0.105. The molecule has 114 valence electrons. The van der Waals surface area contributed by atoms with E-state index in [1.807, 2.05) is 0 Å². The van der Waals surface area contributed by atoms with Crippen molar-refractivity contribution in [3.05, 3.63) is 69.8 Å². The third-order valence-corrected chi connectivity index (χ3v) is 8.99. The van der Waals surface area contributed by atoms with Crippen LogP contribution in [0.3, 0.4) is 0 Å². The number of benzene rings is 2. The normalized spacial score (nSPS) is 15.9. The van der Waals surface area contributed by atoms with Gasteiger partial charge in [-0.15, -0.1) is 0 Å². The Morgan fingerprint density at radius 3 is 2.65 bits per heavy atom. The molecular formula is C19H17N2Se2+. The third kappa shape index (κ3) is 2.73. The fourth-order valence-corrected chi connectivity index (χ4v) is 7.21. The van der Waals surface area contributed by atoms with Crippen LogP contribution in [-0.4, -0.2) is 36.5 Å². The van der Waals surface area contributed by atoms with Crippen molar-refractivity contribution in [2.24, 2.45) is 7.05 Å². The number of anilines is 1. The SMILES string of the molecule is CN1/C(=C/C=C/c2[se]c3ccccc3[n+]2C)[Se]c2ccccc21. The number of para-hydroxylation sites is 2. The molecule has 0 saturated heterocycles. The van der Waals surface area contributed by atoms with Crippen LogP contribution in [0.1, 0.15) is 4.57 Å². The van der Waals surface area contributed by atoms with E-state index in [-0.39, 0.29) is 0 Å². The van der Waals surface area contributed by atoms with Gasteiger partial charge in [-0.25, -0.2) is 0 Å². The molecule has 0 atom stereocenters. The second-order valence-corrected chi connectivity index (χ2v) is 9.92. The number of aryl methyl sites for hydroxylation is 1. The van der Waals surface area contributed by atoms with Crippen LogP contribution in [0.2, 0.25) is 0 Å². The Bertz CT molecular complexity index is 937. The predicted molar refractivity (Wildman–Crippen MR) is 99.4 cm³/mol. The van der Waals surface area contributed by atoms with Crippen LogP contribution in [0.15, 0.2) is 65.3 Å². The molecule has 0 unspecified atom stereocenters. The molecule has 0 fully saturated rings. The molecule has 0 bridgehead atoms. The molecule has 2 heterocycles. The van der Waals surface area contributed by atoms with Crippen molar-refractivity contribution in [2.45, 2.75) is 0 Å². The standard InChI is InChI=1S/C19H17N2Se2/c1-20-14-8-3-5-10-16(14)22-18(20)12-7-13-19-21(2)15-9-4-6-11-17(15)23-19/h3-13H,1-2H3/q+1. The van der Waals surface area contributed by atoms with E-state index in [0.717, 1.165) is 0 Å². The molecule has 4 heteroatoms. The average Bonchev–Trinajstić information content (AvgIpc) is 3.07. The van der Waals surface area contributed by atoms with Crippen molar-refractivity contribution in [1.82, 2.24) is 0 Å². The zero-order valence-electron chi connectivity index (χ0n) is 13.1. The summed E-state index contributed by atoms with van der Waals surface area (Å²) in [6.45, 7) is 0. The molecule has 0 aliphatic carbocycles. The van der Waals surface area contributed by atoms with Crippen LogP contribution < -0.4 is 13.9 Å². The molecule has 23 heavy (non-hydrogen) atoms. The first-order valence-electron chi connectivity index (χ1n) is 7.50. The number of allylic oxidation sites excluding steroid dienone is 2. The topological polar surface area (TPSA) is 7.12 Å². The molecule has 1 aromatic heterocycles. The van der Waals surface area contributed by atoms with E-state index in [2.05, 4.69) is 90.3 Å². The molecule has 1 aliphatic rings. The Morgan fingerprint density at radius 1 is 1.04 bits per heavy atom. The Labute approximate surface area is 148 Å². The van der Waals surface area contributed by atoms with E-state index in [9.17, 15) is 0 Å². The number of rotatable bonds is 2. The first kappa shape index (κ1) is 15.0. The van der Waals surface area contributed by atoms with Gasteiger partial charge in [-0.05, 0) is 0 Å². The van der Waals surface area contributed by atoms with Crippen molar-refractivity contribution in [3.8, 4) is 0 Å². The van der Waals surface area contributed by atoms with Gasteiger partial charge in [-0.2, -0.15) is 0 Å². The van der Waals surface area contributed by atoms with Gasteiger partial charge in [0.15, 0.2) is 0 Å². The Balaban J connectivity index is 1.61. The summed E-state index contributed by atoms with van der Waals surface area (Å²) in [5, 5.41) is 0. The molecule has 4 rings (SSSR count). The summed E-state index contributed by atoms with van der Waals surface area (Å²) in [7, 11) is 4.34. The molecule has 0 radical (unpaired) electrons. The monoisotopic (exact) mass is 433 g/mol. The van der Waals surface area contributed by atoms with Crippen LogP contribution in [0.5, 0.6) is 0 Å². The Hall–Kier alpha value is -1.57. The summed E-state index contributed by atoms with van der Waals surface area (Å²) in [6, 6.07) is 17.4. The maximum absolute atomic E-state index is 2.32. The minimum absolute atomic E-state index is 0.413. The first-order valence-corrected chi connectivity index (χ1v) is 10.9. The molecule has 3 aromatic rings. The molecule has 0 saturated carbocycles. The summed E-state index contributed by atoms with van der Waals surface area (Å²) in [6.07, 6.45) is 6.78. The van der Waals surface area contributed by atoms with Crippen molar-refractivity contribution < 1.29 is 4.57 Å². The number of hydrogen-bond donors (Lipinski definition) is 0. The molecule has 2 aromatic carbocycles. The summed E-state index contributed by atoms with van der Waals surface area (Å²) < 4.78 is 8.11. The average molecular weight is 431 g/mol. The summed E-state index contributed by atoms with van der Waals surface area (Å²) in [5.41, 5.74) is 2.71. The molecule has 0 spiro atoms. The number of nitrogens with zero attached hydrogens (tertiary/aromatic N) is 2. The van der Waals surface area contributed by atoms with Gasteiger partial charge in [-0.3, -0.25) is 0 Å². The van der Waals surface area contributed by atoms with Crippen molar-refractivity contribution >= 4 is 55.5 Å². The van der Waals surface area contributed by atoms with Crippen LogP contribution in [0, 0.1) is 0 Å². The van der Waals surface area contributed by atoms with Gasteiger partial charge >= 0.3 is 149 Å². The zero-order valence-corrected chi connectivity index (χ0v) is 16.5. The van der Waals surface area contributed by atoms with E-state index in [1.165, 1.54) is 29.1 Å². The van der Waals surface area contributed by atoms with Gasteiger partial charge in [0.2, 0.25) is 0 Å². The van der Waals surface area contributed by atoms with Gasteiger partial charge in [0.05, 0.1) is 0 Å². The second-order valence-electron chi connectivity index (χ2n) is 5.46. The zero-order chi connectivity index (χ0) is 15.8. The molecular weight excluding hydrogens is 414 g/mol. The molecule has 2 nitrogen and oxygen atoms in total. The molecule has 1 aliphatic heterocycles. The number of aromatic nitrogens is 1. The second kappa shape index (κ2) is 6.14. The van der Waals surface area contributed by atoms with Gasteiger partial charge < -0.3 is 0 Å². The molecule has 0 N–H and O–H groups in total. The maximum atomic E-state index is 2.32. The van der Waals surface area contributed by atoms with Gasteiger partial charge in [0.1, 0.15) is 0 Å². The van der Waals surface area contributed by atoms with Crippen molar-refractivity contribution in [3.63, 3.8) is 0 Å². The van der Waals surface area contributed by atoms with Gasteiger partial charge in [-0.1, -0.05) is 0 Å². The van der Waals surface area contributed by atoms with Gasteiger partial charge in [0.25, 0.3) is 0 Å². The van der Waals surface area contributed by atoms with E-state index < -0.39 is 0 Å². The Kier molecular flexibility index (Phi) is 4.00. The first-order chi connectivity index (χ1) is 11.2. The van der Waals surface area contributed by atoms with E-state index in [4.69, 9.17) is 0 Å². The van der Waals surface area contributed by atoms with Crippen molar-refractivity contribution in [1.29, 1.82) is 0 Å². The van der Waals surface area contributed by atoms with Crippen molar-refractivity contribution in [2.75, 3.05) is 11.9 Å². The fourth-order valence-electron chi connectivity index (χ4n) is 2.75.